The summed E-state index contributed by atoms with van der Waals surface area (Å²) >= 11 is 12.1. The number of nitrogens with zero attached hydrogens (tertiary/aromatic N) is 1. The fourth-order valence-corrected chi connectivity index (χ4v) is 3.14. The number of carbonyl (C=O) groups excluding carboxylic acids is 2. The lowest BCUT2D eigenvalue weighted by Gasteiger charge is -2.22. The highest BCUT2D eigenvalue weighted by molar-refractivity contribution is 6.39. The van der Waals surface area contributed by atoms with E-state index in [2.05, 4.69) is 10.3 Å². The summed E-state index contributed by atoms with van der Waals surface area (Å²) in [5.74, 6) is 0.317. The third-order valence-electron chi connectivity index (χ3n) is 4.15. The van der Waals surface area contributed by atoms with E-state index in [1.807, 2.05) is 0 Å². The first-order chi connectivity index (χ1) is 13.5. The molecule has 1 aliphatic rings. The van der Waals surface area contributed by atoms with Gasteiger partial charge >= 0.3 is 0 Å². The SMILES string of the molecule is COc1ccc(C(=O)Nc2c(Cl)cncc2Cl)cc1OCC1OCCCC1=O. The van der Waals surface area contributed by atoms with Crippen LogP contribution >= 0.6 is 23.2 Å². The van der Waals surface area contributed by atoms with Crippen molar-refractivity contribution in [1.29, 1.82) is 0 Å². The van der Waals surface area contributed by atoms with Gasteiger partial charge in [-0.05, 0) is 24.6 Å². The number of hydrogen-bond donors (Lipinski definition) is 1. The molecule has 0 bridgehead atoms. The van der Waals surface area contributed by atoms with Crippen molar-refractivity contribution in [2.45, 2.75) is 18.9 Å². The largest absolute Gasteiger partial charge is 0.493 e. The summed E-state index contributed by atoms with van der Waals surface area (Å²) in [5, 5.41) is 3.10. The molecule has 1 aliphatic heterocycles. The van der Waals surface area contributed by atoms with Gasteiger partial charge in [-0.1, -0.05) is 23.2 Å². The Morgan fingerprint density at radius 3 is 2.71 bits per heavy atom. The molecule has 1 aromatic carbocycles. The molecule has 7 nitrogen and oxygen atoms in total. The van der Waals surface area contributed by atoms with Gasteiger partial charge in [0.25, 0.3) is 5.91 Å². The van der Waals surface area contributed by atoms with Gasteiger partial charge < -0.3 is 19.5 Å². The fraction of sp³-hybridized carbons (Fsp3) is 0.316. The molecule has 1 fully saturated rings. The molecule has 1 N–H and O–H groups in total. The van der Waals surface area contributed by atoms with Crippen LogP contribution in [0.3, 0.4) is 0 Å². The number of halogens is 2. The van der Waals surface area contributed by atoms with E-state index in [-0.39, 0.29) is 28.1 Å². The second-order valence-electron chi connectivity index (χ2n) is 6.04. The Bertz CT molecular complexity index is 870. The maximum absolute atomic E-state index is 12.6. The molecule has 0 radical (unpaired) electrons. The summed E-state index contributed by atoms with van der Waals surface area (Å²) in [6.07, 6.45) is 3.33. The number of hydrogen-bond acceptors (Lipinski definition) is 6. The van der Waals surface area contributed by atoms with E-state index >= 15 is 0 Å². The summed E-state index contributed by atoms with van der Waals surface area (Å²) < 4.78 is 16.4. The first-order valence-electron chi connectivity index (χ1n) is 8.55. The average Bonchev–Trinajstić information content (AvgIpc) is 2.70. The van der Waals surface area contributed by atoms with Crippen LogP contribution in [0.5, 0.6) is 11.5 Å². The molecule has 1 amide bonds. The molecule has 1 aromatic heterocycles. The molecule has 148 valence electrons. The molecular formula is C19H18Cl2N2O5. The third-order valence-corrected chi connectivity index (χ3v) is 4.73. The summed E-state index contributed by atoms with van der Waals surface area (Å²) in [6, 6.07) is 4.69. The van der Waals surface area contributed by atoms with Crippen LogP contribution in [0.1, 0.15) is 23.2 Å². The number of ether oxygens (including phenoxy) is 3. The highest BCUT2D eigenvalue weighted by Crippen LogP contribution is 2.31. The van der Waals surface area contributed by atoms with Crippen molar-refractivity contribution in [2.75, 3.05) is 25.6 Å². The number of Topliss-reactive ketones (excluding diaryl/α,β-unsaturated/α-hetero) is 1. The molecule has 1 saturated heterocycles. The van der Waals surface area contributed by atoms with Crippen LogP contribution in [-0.4, -0.2) is 43.1 Å². The Hall–Kier alpha value is -2.35. The zero-order valence-electron chi connectivity index (χ0n) is 15.0. The Labute approximate surface area is 171 Å². The number of anilines is 1. The van der Waals surface area contributed by atoms with Gasteiger partial charge in [-0.15, -0.1) is 0 Å². The topological polar surface area (TPSA) is 86.8 Å². The van der Waals surface area contributed by atoms with Crippen LogP contribution < -0.4 is 14.8 Å². The Kier molecular flexibility index (Phi) is 6.72. The first-order valence-corrected chi connectivity index (χ1v) is 9.30. The van der Waals surface area contributed by atoms with Crippen molar-refractivity contribution in [3.63, 3.8) is 0 Å². The van der Waals surface area contributed by atoms with E-state index in [4.69, 9.17) is 37.4 Å². The minimum Gasteiger partial charge on any atom is -0.493 e. The number of aromatic nitrogens is 1. The Balaban J connectivity index is 1.76. The molecule has 0 aliphatic carbocycles. The molecule has 3 rings (SSSR count). The molecule has 9 heteroatoms. The summed E-state index contributed by atoms with van der Waals surface area (Å²) in [6.45, 7) is 0.565. The van der Waals surface area contributed by atoms with Crippen LogP contribution in [0.2, 0.25) is 10.0 Å². The van der Waals surface area contributed by atoms with Gasteiger partial charge in [-0.2, -0.15) is 0 Å². The van der Waals surface area contributed by atoms with Crippen LogP contribution in [0.15, 0.2) is 30.6 Å². The van der Waals surface area contributed by atoms with Gasteiger partial charge in [0.2, 0.25) is 0 Å². The van der Waals surface area contributed by atoms with Gasteiger partial charge in [0, 0.05) is 31.0 Å². The van der Waals surface area contributed by atoms with Gasteiger partial charge in [0.1, 0.15) is 12.7 Å². The van der Waals surface area contributed by atoms with Gasteiger partial charge in [-0.3, -0.25) is 14.6 Å². The maximum atomic E-state index is 12.6. The monoisotopic (exact) mass is 424 g/mol. The summed E-state index contributed by atoms with van der Waals surface area (Å²) in [4.78, 5) is 28.3. The number of pyridine rings is 1. The predicted molar refractivity (Wildman–Crippen MR) is 105 cm³/mol. The first kappa shape index (κ1) is 20.4. The molecule has 2 heterocycles. The van der Waals surface area contributed by atoms with Crippen molar-refractivity contribution >= 4 is 40.6 Å². The van der Waals surface area contributed by atoms with E-state index in [1.54, 1.807) is 12.1 Å². The van der Waals surface area contributed by atoms with Crippen molar-refractivity contribution in [2.24, 2.45) is 0 Å². The number of benzene rings is 1. The van der Waals surface area contributed by atoms with Crippen LogP contribution in [0.4, 0.5) is 5.69 Å². The second kappa shape index (κ2) is 9.23. The van der Waals surface area contributed by atoms with Crippen LogP contribution in [-0.2, 0) is 9.53 Å². The van der Waals surface area contributed by atoms with E-state index in [0.29, 0.717) is 36.5 Å². The highest BCUT2D eigenvalue weighted by atomic mass is 35.5. The molecule has 2 aromatic rings. The normalized spacial score (nSPS) is 16.5. The highest BCUT2D eigenvalue weighted by Gasteiger charge is 2.24. The number of ketones is 1. The average molecular weight is 425 g/mol. The van der Waals surface area contributed by atoms with Gasteiger partial charge in [0.15, 0.2) is 17.3 Å². The summed E-state index contributed by atoms with van der Waals surface area (Å²) in [7, 11) is 1.49. The van der Waals surface area contributed by atoms with Crippen molar-refractivity contribution in [1.82, 2.24) is 4.98 Å². The van der Waals surface area contributed by atoms with Crippen molar-refractivity contribution < 1.29 is 23.8 Å². The number of nitrogens with one attached hydrogen (secondary N) is 1. The number of methoxy groups -OCH3 is 1. The smallest absolute Gasteiger partial charge is 0.255 e. The van der Waals surface area contributed by atoms with E-state index < -0.39 is 12.0 Å². The Morgan fingerprint density at radius 1 is 1.29 bits per heavy atom. The van der Waals surface area contributed by atoms with Crippen LogP contribution in [0.25, 0.3) is 0 Å². The quantitative estimate of drug-likeness (QED) is 0.758. The lowest BCUT2D eigenvalue weighted by atomic mass is 10.1. The summed E-state index contributed by atoms with van der Waals surface area (Å²) in [5.41, 5.74) is 0.568. The molecule has 0 saturated carbocycles. The second-order valence-corrected chi connectivity index (χ2v) is 6.85. The predicted octanol–water partition coefficient (Wildman–Crippen LogP) is 3.78. The third kappa shape index (κ3) is 4.73. The molecule has 1 unspecified atom stereocenters. The zero-order valence-corrected chi connectivity index (χ0v) is 16.5. The minimum absolute atomic E-state index is 0.00100. The lowest BCUT2D eigenvalue weighted by Crippen LogP contribution is -2.34. The number of amides is 1. The molecule has 0 spiro atoms. The van der Waals surface area contributed by atoms with E-state index in [1.165, 1.54) is 25.6 Å². The standard InChI is InChI=1S/C19H18Cl2N2O5/c1-26-15-5-4-11(19(25)23-18-12(20)8-22-9-13(18)21)7-16(15)28-10-17-14(24)3-2-6-27-17/h4-5,7-9,17H,2-3,6,10H2,1H3,(H,22,23,25). The van der Waals surface area contributed by atoms with Gasteiger partial charge in [0.05, 0.1) is 22.8 Å². The number of carbonyl (C=O) groups is 2. The maximum Gasteiger partial charge on any atom is 0.255 e. The van der Waals surface area contributed by atoms with E-state index in [0.717, 1.165) is 0 Å². The van der Waals surface area contributed by atoms with E-state index in [9.17, 15) is 9.59 Å². The van der Waals surface area contributed by atoms with Crippen LogP contribution in [0, 0.1) is 0 Å². The van der Waals surface area contributed by atoms with Crippen molar-refractivity contribution in [3.8, 4) is 11.5 Å². The molecule has 28 heavy (non-hydrogen) atoms. The minimum atomic E-state index is -0.620. The lowest BCUT2D eigenvalue weighted by molar-refractivity contribution is -0.137. The van der Waals surface area contributed by atoms with Gasteiger partial charge in [-0.25, -0.2) is 0 Å². The van der Waals surface area contributed by atoms with Crippen molar-refractivity contribution in [3.05, 3.63) is 46.2 Å². The fourth-order valence-electron chi connectivity index (χ4n) is 2.68. The molecule has 1 atom stereocenters. The number of rotatable bonds is 6. The Morgan fingerprint density at radius 2 is 2.04 bits per heavy atom. The zero-order chi connectivity index (χ0) is 20.1. The molecular weight excluding hydrogens is 407 g/mol.